The number of hydrogen-bond donors (Lipinski definition) is 1. The molecule has 4 rings (SSSR count). The minimum atomic E-state index is -0.0356. The van der Waals surface area contributed by atoms with Gasteiger partial charge in [0, 0.05) is 31.5 Å². The van der Waals surface area contributed by atoms with Gasteiger partial charge in [-0.2, -0.15) is 0 Å². The molecular formula is C30H34N2O3. The van der Waals surface area contributed by atoms with Gasteiger partial charge in [0.1, 0.15) is 5.75 Å². The van der Waals surface area contributed by atoms with Crippen molar-refractivity contribution < 1.29 is 14.3 Å². The van der Waals surface area contributed by atoms with Crippen LogP contribution in [0.3, 0.4) is 0 Å². The van der Waals surface area contributed by atoms with Crippen LogP contribution in [0.4, 0.5) is 0 Å². The average molecular weight is 471 g/mol. The van der Waals surface area contributed by atoms with Crippen LogP contribution in [-0.4, -0.2) is 43.0 Å². The summed E-state index contributed by atoms with van der Waals surface area (Å²) in [4.78, 5) is 27.2. The molecule has 1 heterocycles. The first-order chi connectivity index (χ1) is 17.2. The number of nitrogens with zero attached hydrogens (tertiary/aromatic N) is 1. The van der Waals surface area contributed by atoms with Crippen molar-refractivity contribution >= 4 is 11.8 Å². The fourth-order valence-corrected chi connectivity index (χ4v) is 4.70. The molecule has 3 aromatic rings. The van der Waals surface area contributed by atoms with E-state index in [-0.39, 0.29) is 23.7 Å². The topological polar surface area (TPSA) is 58.6 Å². The monoisotopic (exact) mass is 470 g/mol. The van der Waals surface area contributed by atoms with Gasteiger partial charge in [-0.3, -0.25) is 9.59 Å². The molecular weight excluding hydrogens is 436 g/mol. The predicted molar refractivity (Wildman–Crippen MR) is 138 cm³/mol. The van der Waals surface area contributed by atoms with Crippen molar-refractivity contribution in [3.63, 3.8) is 0 Å². The van der Waals surface area contributed by atoms with E-state index in [2.05, 4.69) is 53.8 Å². The molecule has 0 unspecified atom stereocenters. The molecule has 0 aliphatic carbocycles. The van der Waals surface area contributed by atoms with Gasteiger partial charge in [0.05, 0.1) is 13.0 Å². The molecule has 5 nitrogen and oxygen atoms in total. The quantitative estimate of drug-likeness (QED) is 0.452. The number of rotatable bonds is 10. The van der Waals surface area contributed by atoms with Gasteiger partial charge in [-0.15, -0.1) is 0 Å². The predicted octanol–water partition coefficient (Wildman–Crippen LogP) is 5.03. The van der Waals surface area contributed by atoms with Crippen molar-refractivity contribution in [2.75, 3.05) is 26.2 Å². The van der Waals surface area contributed by atoms with Gasteiger partial charge in [-0.05, 0) is 42.5 Å². The SMILES string of the molecule is O=C(NCCC(c1ccccc1)c1ccccc1)C1CCN(C(=O)CCOc2ccccc2)CC1. The van der Waals surface area contributed by atoms with Crippen LogP contribution in [0.2, 0.25) is 0 Å². The second-order valence-corrected chi connectivity index (χ2v) is 9.02. The molecule has 0 bridgehead atoms. The molecule has 1 fully saturated rings. The lowest BCUT2D eigenvalue weighted by Crippen LogP contribution is -2.43. The van der Waals surface area contributed by atoms with Crippen LogP contribution in [0.5, 0.6) is 5.75 Å². The summed E-state index contributed by atoms with van der Waals surface area (Å²) in [6, 6.07) is 30.4. The Kier molecular flexibility index (Phi) is 8.93. The standard InChI is InChI=1S/C30H34N2O3/c33-29(19-23-35-27-14-8-3-9-15-27)32-21-17-26(18-22-32)30(34)31-20-16-28(24-10-4-1-5-11-24)25-12-6-2-7-13-25/h1-15,26,28H,16-23H2,(H,31,34). The summed E-state index contributed by atoms with van der Waals surface area (Å²) >= 11 is 0. The molecule has 0 saturated carbocycles. The Bertz CT molecular complexity index is 1010. The zero-order valence-electron chi connectivity index (χ0n) is 20.1. The van der Waals surface area contributed by atoms with E-state index in [0.29, 0.717) is 45.5 Å². The van der Waals surface area contributed by atoms with E-state index in [1.807, 2.05) is 47.4 Å². The van der Waals surface area contributed by atoms with Crippen LogP contribution in [0.25, 0.3) is 0 Å². The Balaban J connectivity index is 1.20. The highest BCUT2D eigenvalue weighted by molar-refractivity contribution is 5.80. The molecule has 182 valence electrons. The molecule has 1 aliphatic heterocycles. The van der Waals surface area contributed by atoms with Crippen molar-refractivity contribution in [2.24, 2.45) is 5.92 Å². The molecule has 1 N–H and O–H groups in total. The largest absolute Gasteiger partial charge is 0.493 e. The van der Waals surface area contributed by atoms with Crippen LogP contribution in [0.15, 0.2) is 91.0 Å². The Labute approximate surface area is 208 Å². The number of hydrogen-bond acceptors (Lipinski definition) is 3. The number of carbonyl (C=O) groups is 2. The van der Waals surface area contributed by atoms with Crippen LogP contribution in [-0.2, 0) is 9.59 Å². The van der Waals surface area contributed by atoms with E-state index in [1.165, 1.54) is 11.1 Å². The number of ether oxygens (including phenoxy) is 1. The first-order valence-corrected chi connectivity index (χ1v) is 12.5. The summed E-state index contributed by atoms with van der Waals surface area (Å²) < 4.78 is 5.64. The summed E-state index contributed by atoms with van der Waals surface area (Å²) in [6.07, 6.45) is 2.61. The zero-order valence-corrected chi connectivity index (χ0v) is 20.1. The molecule has 1 saturated heterocycles. The highest BCUT2D eigenvalue weighted by Crippen LogP contribution is 2.27. The van der Waals surface area contributed by atoms with Crippen LogP contribution in [0.1, 0.15) is 42.7 Å². The van der Waals surface area contributed by atoms with Crippen molar-refractivity contribution in [1.29, 1.82) is 0 Å². The average Bonchev–Trinajstić information content (AvgIpc) is 2.92. The summed E-state index contributed by atoms with van der Waals surface area (Å²) in [5, 5.41) is 3.16. The number of likely N-dealkylation sites (tertiary alicyclic amines) is 1. The van der Waals surface area contributed by atoms with E-state index in [4.69, 9.17) is 4.74 Å². The second kappa shape index (κ2) is 12.7. The third-order valence-corrected chi connectivity index (χ3v) is 6.68. The number of para-hydroxylation sites is 1. The lowest BCUT2D eigenvalue weighted by Gasteiger charge is -2.31. The molecule has 3 aromatic carbocycles. The van der Waals surface area contributed by atoms with Crippen molar-refractivity contribution in [1.82, 2.24) is 10.2 Å². The van der Waals surface area contributed by atoms with Crippen molar-refractivity contribution in [3.8, 4) is 5.75 Å². The van der Waals surface area contributed by atoms with E-state index >= 15 is 0 Å². The maximum Gasteiger partial charge on any atom is 0.225 e. The highest BCUT2D eigenvalue weighted by Gasteiger charge is 2.27. The van der Waals surface area contributed by atoms with Crippen molar-refractivity contribution in [3.05, 3.63) is 102 Å². The molecule has 0 spiro atoms. The normalized spacial score (nSPS) is 14.0. The Hall–Kier alpha value is -3.60. The van der Waals surface area contributed by atoms with E-state index in [0.717, 1.165) is 12.2 Å². The molecule has 0 radical (unpaired) electrons. The summed E-state index contributed by atoms with van der Waals surface area (Å²) in [7, 11) is 0. The van der Waals surface area contributed by atoms with Crippen LogP contribution >= 0.6 is 0 Å². The van der Waals surface area contributed by atoms with Gasteiger partial charge < -0.3 is 15.0 Å². The first-order valence-electron chi connectivity index (χ1n) is 12.5. The first kappa shape index (κ1) is 24.5. The maximum atomic E-state index is 12.8. The molecule has 0 atom stereocenters. The Morgan fingerprint density at radius 1 is 0.829 bits per heavy atom. The molecule has 1 aliphatic rings. The summed E-state index contributed by atoms with van der Waals surface area (Å²) in [6.45, 7) is 2.24. The van der Waals surface area contributed by atoms with Gasteiger partial charge in [0.2, 0.25) is 11.8 Å². The van der Waals surface area contributed by atoms with E-state index < -0.39 is 0 Å². The number of amides is 2. The lowest BCUT2D eigenvalue weighted by atomic mass is 9.88. The number of carbonyl (C=O) groups excluding carboxylic acids is 2. The molecule has 35 heavy (non-hydrogen) atoms. The summed E-state index contributed by atoms with van der Waals surface area (Å²) in [5.74, 6) is 1.18. The van der Waals surface area contributed by atoms with Crippen LogP contribution < -0.4 is 10.1 Å². The van der Waals surface area contributed by atoms with E-state index in [1.54, 1.807) is 0 Å². The van der Waals surface area contributed by atoms with Gasteiger partial charge >= 0.3 is 0 Å². The Morgan fingerprint density at radius 3 is 1.94 bits per heavy atom. The fraction of sp³-hybridized carbons (Fsp3) is 0.333. The van der Waals surface area contributed by atoms with Crippen LogP contribution in [0, 0.1) is 5.92 Å². The van der Waals surface area contributed by atoms with Gasteiger partial charge in [0.15, 0.2) is 0 Å². The van der Waals surface area contributed by atoms with E-state index in [9.17, 15) is 9.59 Å². The minimum Gasteiger partial charge on any atom is -0.493 e. The fourth-order valence-electron chi connectivity index (χ4n) is 4.70. The third-order valence-electron chi connectivity index (χ3n) is 6.68. The third kappa shape index (κ3) is 7.19. The zero-order chi connectivity index (χ0) is 24.3. The van der Waals surface area contributed by atoms with Crippen molar-refractivity contribution in [2.45, 2.75) is 31.6 Å². The van der Waals surface area contributed by atoms with Gasteiger partial charge in [-0.25, -0.2) is 0 Å². The minimum absolute atomic E-state index is 0.0356. The lowest BCUT2D eigenvalue weighted by molar-refractivity contribution is -0.136. The second-order valence-electron chi connectivity index (χ2n) is 9.02. The maximum absolute atomic E-state index is 12.8. The summed E-state index contributed by atoms with van der Waals surface area (Å²) in [5.41, 5.74) is 2.52. The smallest absolute Gasteiger partial charge is 0.225 e. The Morgan fingerprint density at radius 2 is 1.37 bits per heavy atom. The van der Waals surface area contributed by atoms with Gasteiger partial charge in [-0.1, -0.05) is 78.9 Å². The number of nitrogens with one attached hydrogen (secondary N) is 1. The number of piperidine rings is 1. The molecule has 2 amide bonds. The highest BCUT2D eigenvalue weighted by atomic mass is 16.5. The number of benzene rings is 3. The molecule has 5 heteroatoms. The molecule has 0 aromatic heterocycles. The van der Waals surface area contributed by atoms with Gasteiger partial charge in [0.25, 0.3) is 0 Å².